The highest BCUT2D eigenvalue weighted by atomic mass is 32.2. The average molecular weight is 364 g/mol. The molecule has 1 aromatic rings. The Labute approximate surface area is 154 Å². The van der Waals surface area contributed by atoms with Gasteiger partial charge in [0.05, 0.1) is 11.0 Å². The number of unbranched alkanes of at least 4 members (excludes halogenated alkanes) is 4. The summed E-state index contributed by atoms with van der Waals surface area (Å²) in [6.07, 6.45) is 12.1. The van der Waals surface area contributed by atoms with Crippen LogP contribution >= 0.6 is 0 Å². The van der Waals surface area contributed by atoms with E-state index in [1.54, 1.807) is 13.8 Å². The fourth-order valence-electron chi connectivity index (χ4n) is 3.15. The molecule has 0 aromatic heterocycles. The summed E-state index contributed by atoms with van der Waals surface area (Å²) in [6, 6.07) is 8.99. The maximum atomic E-state index is 11.7. The predicted octanol–water partition coefficient (Wildman–Crippen LogP) is 4.77. The van der Waals surface area contributed by atoms with Gasteiger partial charge in [0.15, 0.2) is 9.84 Å². The van der Waals surface area contributed by atoms with Gasteiger partial charge < -0.3 is 4.90 Å². The molecule has 1 aliphatic rings. The van der Waals surface area contributed by atoms with Crippen LogP contribution in [-0.2, 0) is 16.3 Å². The monoisotopic (exact) mass is 363 g/mol. The molecule has 0 unspecified atom stereocenters. The molecule has 0 aliphatic carbocycles. The smallest absolute Gasteiger partial charge is 0.152 e. The quantitative estimate of drug-likeness (QED) is 0.444. The number of rotatable bonds is 10. The molecule has 0 saturated heterocycles. The van der Waals surface area contributed by atoms with Gasteiger partial charge in [0.25, 0.3) is 0 Å². The Kier molecular flexibility index (Phi) is 8.01. The summed E-state index contributed by atoms with van der Waals surface area (Å²) in [6.45, 7) is 5.67. The molecule has 0 N–H and O–H groups in total. The Morgan fingerprint density at radius 1 is 0.960 bits per heavy atom. The number of aryl methyl sites for hydroxylation is 1. The summed E-state index contributed by atoms with van der Waals surface area (Å²) in [7, 11) is -2.86. The van der Waals surface area contributed by atoms with Crippen LogP contribution in [0.4, 0.5) is 5.69 Å². The normalized spacial score (nSPS) is 15.1. The zero-order valence-corrected chi connectivity index (χ0v) is 16.6. The van der Waals surface area contributed by atoms with Gasteiger partial charge in [-0.25, -0.2) is 8.42 Å². The molecule has 0 radical (unpaired) electrons. The third-order valence-corrected chi connectivity index (χ3v) is 7.27. The fourth-order valence-corrected chi connectivity index (χ4v) is 4.23. The van der Waals surface area contributed by atoms with Crippen molar-refractivity contribution in [2.45, 2.75) is 64.0 Å². The topological polar surface area (TPSA) is 37.4 Å². The summed E-state index contributed by atoms with van der Waals surface area (Å²) >= 11 is 0. The molecule has 0 spiro atoms. The number of nitrogens with zero attached hydrogens (tertiary/aromatic N) is 1. The highest BCUT2D eigenvalue weighted by molar-refractivity contribution is 7.91. The molecule has 0 fully saturated rings. The van der Waals surface area contributed by atoms with E-state index in [1.165, 1.54) is 24.1 Å². The SMILES string of the molecule is CC(C)S(=O)(=O)CCCCCCCc1ccc(N2CC=CCC2)cc1. The lowest BCUT2D eigenvalue weighted by atomic mass is 10.0. The molecule has 25 heavy (non-hydrogen) atoms. The van der Waals surface area contributed by atoms with Crippen LogP contribution in [-0.4, -0.2) is 32.5 Å². The van der Waals surface area contributed by atoms with E-state index in [2.05, 4.69) is 41.3 Å². The highest BCUT2D eigenvalue weighted by Gasteiger charge is 2.14. The molecule has 0 atom stereocenters. The van der Waals surface area contributed by atoms with Crippen molar-refractivity contribution in [2.24, 2.45) is 0 Å². The number of benzene rings is 1. The van der Waals surface area contributed by atoms with Crippen LogP contribution in [0.3, 0.4) is 0 Å². The second-order valence-corrected chi connectivity index (χ2v) is 9.98. The second kappa shape index (κ2) is 10.0. The van der Waals surface area contributed by atoms with Crippen molar-refractivity contribution in [3.05, 3.63) is 42.0 Å². The van der Waals surface area contributed by atoms with Gasteiger partial charge in [-0.2, -0.15) is 0 Å². The third-order valence-electron chi connectivity index (χ3n) is 4.97. The molecule has 140 valence electrons. The first-order chi connectivity index (χ1) is 12.0. The summed E-state index contributed by atoms with van der Waals surface area (Å²) in [5.74, 6) is 0.345. The van der Waals surface area contributed by atoms with Crippen LogP contribution < -0.4 is 4.90 Å². The van der Waals surface area contributed by atoms with E-state index in [0.717, 1.165) is 45.2 Å². The van der Waals surface area contributed by atoms with Crippen LogP contribution in [0.15, 0.2) is 36.4 Å². The van der Waals surface area contributed by atoms with E-state index in [0.29, 0.717) is 5.75 Å². The van der Waals surface area contributed by atoms with Crippen molar-refractivity contribution >= 4 is 15.5 Å². The molecule has 3 nitrogen and oxygen atoms in total. The summed E-state index contributed by atoms with van der Waals surface area (Å²) < 4.78 is 23.5. The summed E-state index contributed by atoms with van der Waals surface area (Å²) in [5, 5.41) is -0.239. The van der Waals surface area contributed by atoms with Crippen molar-refractivity contribution in [1.29, 1.82) is 0 Å². The van der Waals surface area contributed by atoms with Crippen molar-refractivity contribution in [3.63, 3.8) is 0 Å². The van der Waals surface area contributed by atoms with Crippen molar-refractivity contribution in [3.8, 4) is 0 Å². The maximum absolute atomic E-state index is 11.7. The Morgan fingerprint density at radius 2 is 1.64 bits per heavy atom. The number of hydrogen-bond acceptors (Lipinski definition) is 3. The lowest BCUT2D eigenvalue weighted by Crippen LogP contribution is -2.26. The number of anilines is 1. The van der Waals surface area contributed by atoms with Gasteiger partial charge in [-0.15, -0.1) is 0 Å². The fraction of sp³-hybridized carbons (Fsp3) is 0.619. The Balaban J connectivity index is 1.60. The standard InChI is InChI=1S/C21H33NO2S/c1-19(2)25(23,24)18-10-5-3-4-7-11-20-12-14-21(15-13-20)22-16-8-6-9-17-22/h6,8,12-15,19H,3-5,7,9-11,16-18H2,1-2H3. The lowest BCUT2D eigenvalue weighted by Gasteiger charge is -2.25. The Morgan fingerprint density at radius 3 is 2.28 bits per heavy atom. The van der Waals surface area contributed by atoms with E-state index < -0.39 is 9.84 Å². The Hall–Kier alpha value is -1.29. The first kappa shape index (κ1) is 20.0. The molecule has 0 saturated carbocycles. The van der Waals surface area contributed by atoms with Crippen LogP contribution in [0.2, 0.25) is 0 Å². The van der Waals surface area contributed by atoms with Crippen molar-refractivity contribution in [2.75, 3.05) is 23.7 Å². The summed E-state index contributed by atoms with van der Waals surface area (Å²) in [4.78, 5) is 2.41. The van der Waals surface area contributed by atoms with Crippen LogP contribution in [0, 0.1) is 0 Å². The van der Waals surface area contributed by atoms with Gasteiger partial charge >= 0.3 is 0 Å². The largest absolute Gasteiger partial charge is 0.368 e. The van der Waals surface area contributed by atoms with Gasteiger partial charge in [0, 0.05) is 18.8 Å². The molecule has 1 aliphatic heterocycles. The van der Waals surface area contributed by atoms with E-state index in [9.17, 15) is 8.42 Å². The number of sulfone groups is 1. The zero-order valence-electron chi connectivity index (χ0n) is 15.8. The predicted molar refractivity (Wildman–Crippen MR) is 108 cm³/mol. The first-order valence-electron chi connectivity index (χ1n) is 9.69. The maximum Gasteiger partial charge on any atom is 0.152 e. The highest BCUT2D eigenvalue weighted by Crippen LogP contribution is 2.19. The first-order valence-corrected chi connectivity index (χ1v) is 11.4. The van der Waals surface area contributed by atoms with Crippen LogP contribution in [0.1, 0.15) is 57.9 Å². The molecule has 4 heteroatoms. The zero-order chi connectivity index (χ0) is 18.1. The Bertz CT molecular complexity index is 632. The third kappa shape index (κ3) is 6.85. The molecular formula is C21H33NO2S. The summed E-state index contributed by atoms with van der Waals surface area (Å²) in [5.41, 5.74) is 2.72. The molecule has 0 amide bonds. The van der Waals surface area contributed by atoms with Gasteiger partial charge in [0.2, 0.25) is 0 Å². The molecule has 2 rings (SSSR count). The van der Waals surface area contributed by atoms with E-state index >= 15 is 0 Å². The van der Waals surface area contributed by atoms with Gasteiger partial charge in [-0.3, -0.25) is 0 Å². The second-order valence-electron chi connectivity index (χ2n) is 7.31. The number of hydrogen-bond donors (Lipinski definition) is 0. The molecular weight excluding hydrogens is 330 g/mol. The van der Waals surface area contributed by atoms with E-state index in [-0.39, 0.29) is 5.25 Å². The minimum atomic E-state index is -2.86. The lowest BCUT2D eigenvalue weighted by molar-refractivity contribution is 0.577. The molecule has 1 aromatic carbocycles. The van der Waals surface area contributed by atoms with E-state index in [1.807, 2.05) is 0 Å². The van der Waals surface area contributed by atoms with E-state index in [4.69, 9.17) is 0 Å². The molecule has 1 heterocycles. The van der Waals surface area contributed by atoms with Gasteiger partial charge in [-0.05, 0) is 57.2 Å². The van der Waals surface area contributed by atoms with Crippen molar-refractivity contribution < 1.29 is 8.42 Å². The average Bonchev–Trinajstić information content (AvgIpc) is 2.62. The minimum Gasteiger partial charge on any atom is -0.368 e. The molecule has 0 bridgehead atoms. The van der Waals surface area contributed by atoms with Crippen LogP contribution in [0.25, 0.3) is 0 Å². The van der Waals surface area contributed by atoms with Crippen LogP contribution in [0.5, 0.6) is 0 Å². The van der Waals surface area contributed by atoms with Crippen molar-refractivity contribution in [1.82, 2.24) is 0 Å². The van der Waals surface area contributed by atoms with Gasteiger partial charge in [-0.1, -0.05) is 43.5 Å². The minimum absolute atomic E-state index is 0.239. The van der Waals surface area contributed by atoms with Gasteiger partial charge in [0.1, 0.15) is 0 Å².